The lowest BCUT2D eigenvalue weighted by atomic mass is 10.1. The predicted molar refractivity (Wildman–Crippen MR) is 80.6 cm³/mol. The number of hydrogen-bond donors (Lipinski definition) is 2. The zero-order valence-corrected chi connectivity index (χ0v) is 13.2. The first-order valence-corrected chi connectivity index (χ1v) is 8.70. The van der Waals surface area contributed by atoms with Crippen molar-refractivity contribution in [2.45, 2.75) is 37.9 Å². The largest absolute Gasteiger partial charge is 0.478 e. The lowest BCUT2D eigenvalue weighted by Crippen LogP contribution is -2.38. The standard InChI is InChI=1S/C14H20N2O4S/c1-14(2,21(3,19)20)8-15-12-10(13(17)18)7-9-5-4-6-11(9)16-12/h7H,4-6,8H2,1-3H3,(H,15,16)(H,17,18). The molecule has 0 bridgehead atoms. The van der Waals surface area contributed by atoms with Crippen LogP contribution in [0.1, 0.15) is 41.9 Å². The van der Waals surface area contributed by atoms with E-state index in [1.165, 1.54) is 6.26 Å². The van der Waals surface area contributed by atoms with Crippen LogP contribution in [-0.4, -0.2) is 42.0 Å². The summed E-state index contributed by atoms with van der Waals surface area (Å²) in [7, 11) is -3.25. The Kier molecular flexibility index (Phi) is 3.97. The first kappa shape index (κ1) is 15.8. The van der Waals surface area contributed by atoms with Gasteiger partial charge in [0.1, 0.15) is 11.4 Å². The number of aromatic carboxylic acids is 1. The van der Waals surface area contributed by atoms with E-state index >= 15 is 0 Å². The van der Waals surface area contributed by atoms with Crippen LogP contribution in [0.5, 0.6) is 0 Å². The summed E-state index contributed by atoms with van der Waals surface area (Å²) in [4.78, 5) is 15.7. The smallest absolute Gasteiger partial charge is 0.339 e. The maximum Gasteiger partial charge on any atom is 0.339 e. The average Bonchev–Trinajstić information content (AvgIpc) is 2.80. The third-order valence-corrected chi connectivity index (χ3v) is 6.12. The van der Waals surface area contributed by atoms with Gasteiger partial charge in [-0.25, -0.2) is 18.2 Å². The number of aromatic nitrogens is 1. The van der Waals surface area contributed by atoms with Crippen LogP contribution in [0.2, 0.25) is 0 Å². The molecule has 0 saturated heterocycles. The molecule has 1 aromatic rings. The molecule has 21 heavy (non-hydrogen) atoms. The predicted octanol–water partition coefficient (Wildman–Crippen LogP) is 1.50. The van der Waals surface area contributed by atoms with E-state index in [9.17, 15) is 18.3 Å². The molecule has 1 aromatic heterocycles. The van der Waals surface area contributed by atoms with Crippen LogP contribution in [0.25, 0.3) is 0 Å². The normalized spacial score (nSPS) is 14.8. The Morgan fingerprint density at radius 1 is 1.43 bits per heavy atom. The molecule has 116 valence electrons. The molecule has 0 radical (unpaired) electrons. The van der Waals surface area contributed by atoms with Crippen molar-refractivity contribution in [1.82, 2.24) is 4.98 Å². The molecule has 1 aliphatic rings. The number of carboxylic acid groups (broad SMARTS) is 1. The summed E-state index contributed by atoms with van der Waals surface area (Å²) in [6.07, 6.45) is 3.82. The quantitative estimate of drug-likeness (QED) is 0.855. The van der Waals surface area contributed by atoms with Crippen LogP contribution in [-0.2, 0) is 22.7 Å². The van der Waals surface area contributed by atoms with Crippen molar-refractivity contribution >= 4 is 21.6 Å². The van der Waals surface area contributed by atoms with E-state index in [2.05, 4.69) is 10.3 Å². The minimum Gasteiger partial charge on any atom is -0.478 e. The molecular formula is C14H20N2O4S. The second-order valence-corrected chi connectivity index (χ2v) is 8.68. The molecule has 0 fully saturated rings. The van der Waals surface area contributed by atoms with Gasteiger partial charge in [-0.1, -0.05) is 0 Å². The molecule has 0 saturated carbocycles. The first-order chi connectivity index (χ1) is 9.62. The maximum atomic E-state index is 11.7. The lowest BCUT2D eigenvalue weighted by Gasteiger charge is -2.23. The number of rotatable bonds is 5. The summed E-state index contributed by atoms with van der Waals surface area (Å²) >= 11 is 0. The zero-order valence-electron chi connectivity index (χ0n) is 12.4. The number of carbonyl (C=O) groups is 1. The Hall–Kier alpha value is -1.63. The van der Waals surface area contributed by atoms with Gasteiger partial charge in [0, 0.05) is 18.5 Å². The number of sulfone groups is 1. The number of anilines is 1. The Balaban J connectivity index is 2.30. The number of pyridine rings is 1. The third-order valence-electron chi connectivity index (χ3n) is 3.97. The number of aryl methyl sites for hydroxylation is 2. The number of hydrogen-bond acceptors (Lipinski definition) is 5. The fourth-order valence-corrected chi connectivity index (χ4v) is 2.53. The molecule has 0 aliphatic heterocycles. The average molecular weight is 312 g/mol. The highest BCUT2D eigenvalue weighted by Gasteiger charge is 2.31. The Morgan fingerprint density at radius 2 is 2.10 bits per heavy atom. The highest BCUT2D eigenvalue weighted by molar-refractivity contribution is 7.92. The van der Waals surface area contributed by atoms with Gasteiger partial charge in [0.05, 0.1) is 4.75 Å². The van der Waals surface area contributed by atoms with Gasteiger partial charge in [0.15, 0.2) is 9.84 Å². The monoisotopic (exact) mass is 312 g/mol. The van der Waals surface area contributed by atoms with Crippen LogP contribution in [0.4, 0.5) is 5.82 Å². The number of nitrogens with one attached hydrogen (secondary N) is 1. The highest BCUT2D eigenvalue weighted by atomic mass is 32.2. The van der Waals surface area contributed by atoms with E-state index in [0.717, 1.165) is 30.5 Å². The topological polar surface area (TPSA) is 96.4 Å². The molecule has 2 N–H and O–H groups in total. The van der Waals surface area contributed by atoms with Gasteiger partial charge in [-0.2, -0.15) is 0 Å². The molecular weight excluding hydrogens is 292 g/mol. The third kappa shape index (κ3) is 3.18. The van der Waals surface area contributed by atoms with E-state index in [0.29, 0.717) is 0 Å². The minimum absolute atomic E-state index is 0.0972. The molecule has 6 nitrogen and oxygen atoms in total. The van der Waals surface area contributed by atoms with Crippen molar-refractivity contribution in [2.24, 2.45) is 0 Å². The Labute approximate surface area is 124 Å². The highest BCUT2D eigenvalue weighted by Crippen LogP contribution is 2.26. The van der Waals surface area contributed by atoms with Crippen molar-refractivity contribution in [3.8, 4) is 0 Å². The molecule has 0 aromatic carbocycles. The summed E-state index contributed by atoms with van der Waals surface area (Å²) in [6.45, 7) is 3.31. The van der Waals surface area contributed by atoms with Crippen LogP contribution in [0, 0.1) is 0 Å². The van der Waals surface area contributed by atoms with Crippen molar-refractivity contribution < 1.29 is 18.3 Å². The van der Waals surface area contributed by atoms with Crippen molar-refractivity contribution in [3.05, 3.63) is 22.9 Å². The van der Waals surface area contributed by atoms with Crippen LogP contribution >= 0.6 is 0 Å². The van der Waals surface area contributed by atoms with E-state index in [1.54, 1.807) is 19.9 Å². The second-order valence-electron chi connectivity index (χ2n) is 6.03. The number of carboxylic acids is 1. The molecule has 0 amide bonds. The molecule has 1 heterocycles. The molecule has 2 rings (SSSR count). The van der Waals surface area contributed by atoms with Crippen LogP contribution in [0.15, 0.2) is 6.07 Å². The summed E-state index contributed by atoms with van der Waals surface area (Å²) in [5.41, 5.74) is 1.97. The summed E-state index contributed by atoms with van der Waals surface area (Å²) in [5, 5.41) is 12.2. The Bertz CT molecular complexity index is 680. The summed E-state index contributed by atoms with van der Waals surface area (Å²) in [5.74, 6) is -0.809. The molecule has 0 spiro atoms. The van der Waals surface area contributed by atoms with E-state index in [4.69, 9.17) is 0 Å². The summed E-state index contributed by atoms with van der Waals surface area (Å²) < 4.78 is 22.4. The van der Waals surface area contributed by atoms with Gasteiger partial charge in [-0.05, 0) is 44.7 Å². The van der Waals surface area contributed by atoms with Crippen molar-refractivity contribution in [1.29, 1.82) is 0 Å². The SMILES string of the molecule is CC(C)(CNc1nc2c(cc1C(=O)O)CCC2)S(C)(=O)=O. The van der Waals surface area contributed by atoms with Crippen molar-refractivity contribution in [3.63, 3.8) is 0 Å². The molecule has 1 aliphatic carbocycles. The van der Waals surface area contributed by atoms with E-state index in [1.807, 2.05) is 0 Å². The fraction of sp³-hybridized carbons (Fsp3) is 0.571. The zero-order chi connectivity index (χ0) is 15.8. The lowest BCUT2D eigenvalue weighted by molar-refractivity contribution is 0.0697. The van der Waals surface area contributed by atoms with Gasteiger partial charge in [-0.15, -0.1) is 0 Å². The Morgan fingerprint density at radius 3 is 2.67 bits per heavy atom. The van der Waals surface area contributed by atoms with Gasteiger partial charge < -0.3 is 10.4 Å². The van der Waals surface area contributed by atoms with E-state index in [-0.39, 0.29) is 17.9 Å². The van der Waals surface area contributed by atoms with Gasteiger partial charge >= 0.3 is 5.97 Å². The summed E-state index contributed by atoms with van der Waals surface area (Å²) in [6, 6.07) is 1.65. The van der Waals surface area contributed by atoms with Gasteiger partial charge in [0.2, 0.25) is 0 Å². The maximum absolute atomic E-state index is 11.7. The molecule has 0 atom stereocenters. The number of fused-ring (bicyclic) bond motifs is 1. The fourth-order valence-electron chi connectivity index (χ4n) is 2.20. The van der Waals surface area contributed by atoms with Crippen LogP contribution in [0.3, 0.4) is 0 Å². The first-order valence-electron chi connectivity index (χ1n) is 6.81. The van der Waals surface area contributed by atoms with Crippen molar-refractivity contribution in [2.75, 3.05) is 18.1 Å². The molecule has 7 heteroatoms. The minimum atomic E-state index is -3.25. The van der Waals surface area contributed by atoms with Gasteiger partial charge in [-0.3, -0.25) is 0 Å². The molecule has 0 unspecified atom stereocenters. The number of nitrogens with zero attached hydrogens (tertiary/aromatic N) is 1. The van der Waals surface area contributed by atoms with E-state index < -0.39 is 20.6 Å². The second kappa shape index (κ2) is 5.29. The van der Waals surface area contributed by atoms with Crippen LogP contribution < -0.4 is 5.32 Å². The van der Waals surface area contributed by atoms with Gasteiger partial charge in [0.25, 0.3) is 0 Å².